The van der Waals surface area contributed by atoms with Gasteiger partial charge in [0.05, 0.1) is 18.0 Å². The third-order valence-corrected chi connectivity index (χ3v) is 4.92. The summed E-state index contributed by atoms with van der Waals surface area (Å²) >= 11 is 0. The fourth-order valence-electron chi connectivity index (χ4n) is 3.17. The van der Waals surface area contributed by atoms with E-state index in [9.17, 15) is 4.79 Å². The van der Waals surface area contributed by atoms with Crippen molar-refractivity contribution in [3.8, 4) is 5.75 Å². The molecular weight excluding hydrogens is 396 g/mol. The van der Waals surface area contributed by atoms with Crippen LogP contribution in [0.1, 0.15) is 36.5 Å². The van der Waals surface area contributed by atoms with Gasteiger partial charge >= 0.3 is 6.03 Å². The van der Waals surface area contributed by atoms with Crippen LogP contribution in [-0.4, -0.2) is 36.3 Å². The monoisotopic (exact) mass is 424 g/mol. The first-order chi connectivity index (χ1) is 14.9. The molecule has 0 saturated carbocycles. The molecule has 0 bridgehead atoms. The molecule has 0 saturated heterocycles. The van der Waals surface area contributed by atoms with Gasteiger partial charge in [-0.25, -0.2) is 21.5 Å². The Bertz CT molecular complexity index is 1000. The largest absolute Gasteiger partial charge is 0.492 e. The second-order valence-electron chi connectivity index (χ2n) is 7.11. The number of aryl methyl sites for hydroxylation is 1. The number of hydrogen-bond donors (Lipinski definition) is 2. The molecule has 1 aliphatic rings. The van der Waals surface area contributed by atoms with Crippen molar-refractivity contribution in [3.05, 3.63) is 59.2 Å². The number of benzene rings is 2. The molecule has 2 amide bonds. The Kier molecular flexibility index (Phi) is 7.22. The fourth-order valence-corrected chi connectivity index (χ4v) is 3.17. The van der Waals surface area contributed by atoms with Crippen LogP contribution >= 0.6 is 0 Å². The van der Waals surface area contributed by atoms with Crippen molar-refractivity contribution in [2.75, 3.05) is 18.7 Å². The summed E-state index contributed by atoms with van der Waals surface area (Å²) in [5.41, 5.74) is 4.02. The highest BCUT2D eigenvalue weighted by Gasteiger charge is 2.19. The molecule has 0 atom stereocenters. The van der Waals surface area contributed by atoms with Crippen LogP contribution in [0.2, 0.25) is 0 Å². The van der Waals surface area contributed by atoms with Crippen molar-refractivity contribution >= 4 is 23.3 Å². The van der Waals surface area contributed by atoms with Gasteiger partial charge in [0.2, 0.25) is 5.90 Å². The van der Waals surface area contributed by atoms with E-state index in [2.05, 4.69) is 10.2 Å². The van der Waals surface area contributed by atoms with Crippen molar-refractivity contribution in [1.82, 2.24) is 5.01 Å². The van der Waals surface area contributed by atoms with Gasteiger partial charge in [0.25, 0.3) is 0 Å². The standard InChI is InChI=1S/C22H28N6O3/c1-4-21(26-25-18-12-13-30-20-11-6-5-9-16(18)20)31-14-17-15(2)8-7-10-19(17)28(24)22(29)27(3)23/h5-11H,4,12-14,23-24H2,1-3H3. The Morgan fingerprint density at radius 1 is 1.19 bits per heavy atom. The van der Waals surface area contributed by atoms with Crippen LogP contribution in [0.5, 0.6) is 5.75 Å². The van der Waals surface area contributed by atoms with E-state index in [1.165, 1.54) is 7.05 Å². The molecule has 0 unspecified atom stereocenters. The summed E-state index contributed by atoms with van der Waals surface area (Å²) in [6.45, 7) is 4.62. The maximum Gasteiger partial charge on any atom is 0.352 e. The minimum absolute atomic E-state index is 0.189. The summed E-state index contributed by atoms with van der Waals surface area (Å²) in [6.07, 6.45) is 1.24. The quantitative estimate of drug-likeness (QED) is 0.251. The van der Waals surface area contributed by atoms with E-state index in [0.29, 0.717) is 31.0 Å². The number of hydrogen-bond acceptors (Lipinski definition) is 7. The molecule has 1 heterocycles. The first-order valence-corrected chi connectivity index (χ1v) is 10.1. The predicted octanol–water partition coefficient (Wildman–Crippen LogP) is 3.11. The maximum atomic E-state index is 12.2. The summed E-state index contributed by atoms with van der Waals surface area (Å²) in [4.78, 5) is 12.2. The molecule has 2 aromatic rings. The van der Waals surface area contributed by atoms with Gasteiger partial charge in [0.15, 0.2) is 0 Å². The third kappa shape index (κ3) is 5.19. The highest BCUT2D eigenvalue weighted by Crippen LogP contribution is 2.25. The minimum Gasteiger partial charge on any atom is -0.492 e. The van der Waals surface area contributed by atoms with Crippen LogP contribution in [0.4, 0.5) is 10.5 Å². The number of rotatable bonds is 5. The zero-order valence-electron chi connectivity index (χ0n) is 18.0. The van der Waals surface area contributed by atoms with Gasteiger partial charge < -0.3 is 9.47 Å². The highest BCUT2D eigenvalue weighted by atomic mass is 16.5. The van der Waals surface area contributed by atoms with E-state index in [1.807, 2.05) is 50.2 Å². The van der Waals surface area contributed by atoms with Crippen molar-refractivity contribution in [2.45, 2.75) is 33.3 Å². The van der Waals surface area contributed by atoms with Crippen LogP contribution in [-0.2, 0) is 11.3 Å². The number of fused-ring (bicyclic) bond motifs is 1. The lowest BCUT2D eigenvalue weighted by molar-refractivity contribution is 0.216. The van der Waals surface area contributed by atoms with E-state index in [0.717, 1.165) is 38.2 Å². The van der Waals surface area contributed by atoms with Gasteiger partial charge in [-0.2, -0.15) is 5.10 Å². The molecule has 3 rings (SSSR count). The lowest BCUT2D eigenvalue weighted by Crippen LogP contribution is -2.49. The number of anilines is 1. The van der Waals surface area contributed by atoms with E-state index >= 15 is 0 Å². The predicted molar refractivity (Wildman–Crippen MR) is 121 cm³/mol. The molecule has 0 fully saturated rings. The highest BCUT2D eigenvalue weighted by molar-refractivity contribution is 6.03. The van der Waals surface area contributed by atoms with Crippen molar-refractivity contribution in [2.24, 2.45) is 21.9 Å². The maximum absolute atomic E-state index is 12.2. The van der Waals surface area contributed by atoms with Gasteiger partial charge in [-0.3, -0.25) is 5.01 Å². The summed E-state index contributed by atoms with van der Waals surface area (Å²) in [5, 5.41) is 10.7. The first-order valence-electron chi connectivity index (χ1n) is 10.1. The second-order valence-corrected chi connectivity index (χ2v) is 7.11. The van der Waals surface area contributed by atoms with Gasteiger partial charge in [0.1, 0.15) is 12.4 Å². The smallest absolute Gasteiger partial charge is 0.352 e. The van der Waals surface area contributed by atoms with Crippen LogP contribution in [0.3, 0.4) is 0 Å². The average molecular weight is 425 g/mol. The molecule has 9 heteroatoms. The normalized spacial score (nSPS) is 14.6. The topological polar surface area (TPSA) is 119 Å². The average Bonchev–Trinajstić information content (AvgIpc) is 2.78. The van der Waals surface area contributed by atoms with Gasteiger partial charge in [-0.1, -0.05) is 31.2 Å². The number of urea groups is 1. The molecule has 0 aliphatic carbocycles. The van der Waals surface area contributed by atoms with E-state index in [1.54, 1.807) is 6.07 Å². The summed E-state index contributed by atoms with van der Waals surface area (Å²) in [5.74, 6) is 12.8. The molecule has 1 aliphatic heterocycles. The van der Waals surface area contributed by atoms with Crippen LogP contribution < -0.4 is 21.4 Å². The molecule has 0 radical (unpaired) electrons. The Labute approximate surface area is 181 Å². The summed E-state index contributed by atoms with van der Waals surface area (Å²) < 4.78 is 11.6. The molecular formula is C22H28N6O3. The second kappa shape index (κ2) is 10.1. The van der Waals surface area contributed by atoms with Crippen LogP contribution in [0, 0.1) is 6.92 Å². The molecule has 0 aromatic heterocycles. The Morgan fingerprint density at radius 2 is 1.97 bits per heavy atom. The van der Waals surface area contributed by atoms with Gasteiger partial charge in [0, 0.05) is 31.0 Å². The minimum atomic E-state index is -0.541. The third-order valence-electron chi connectivity index (χ3n) is 4.92. The Morgan fingerprint density at radius 3 is 2.71 bits per heavy atom. The molecule has 4 N–H and O–H groups in total. The number of hydrazine groups is 2. The molecule has 164 valence electrons. The van der Waals surface area contributed by atoms with E-state index in [4.69, 9.17) is 21.2 Å². The van der Waals surface area contributed by atoms with Gasteiger partial charge in [-0.15, -0.1) is 5.10 Å². The number of ether oxygens (including phenoxy) is 2. The lowest BCUT2D eigenvalue weighted by Gasteiger charge is -2.24. The van der Waals surface area contributed by atoms with E-state index in [-0.39, 0.29) is 6.61 Å². The number of carbonyl (C=O) groups is 1. The number of para-hydroxylation sites is 1. The van der Waals surface area contributed by atoms with Crippen molar-refractivity contribution in [3.63, 3.8) is 0 Å². The SMILES string of the molecule is CCC(=NN=C1CCOc2ccccc21)OCc1c(C)cccc1N(N)C(=O)N(C)N. The van der Waals surface area contributed by atoms with E-state index < -0.39 is 6.03 Å². The van der Waals surface area contributed by atoms with Crippen LogP contribution in [0.25, 0.3) is 0 Å². The molecule has 0 spiro atoms. The summed E-state index contributed by atoms with van der Waals surface area (Å²) in [7, 11) is 1.43. The van der Waals surface area contributed by atoms with Crippen molar-refractivity contribution in [1.29, 1.82) is 0 Å². The Hall–Kier alpha value is -3.43. The molecule has 31 heavy (non-hydrogen) atoms. The zero-order valence-corrected chi connectivity index (χ0v) is 18.0. The number of carbonyl (C=O) groups excluding carboxylic acids is 1. The number of nitrogens with zero attached hydrogens (tertiary/aromatic N) is 4. The number of amides is 2. The lowest BCUT2D eigenvalue weighted by atomic mass is 10.0. The zero-order chi connectivity index (χ0) is 22.4. The molecule has 2 aromatic carbocycles. The van der Waals surface area contributed by atoms with Crippen LogP contribution in [0.15, 0.2) is 52.7 Å². The molecule has 9 nitrogen and oxygen atoms in total. The Balaban J connectivity index is 1.80. The fraction of sp³-hybridized carbons (Fsp3) is 0.318. The number of nitrogens with two attached hydrogens (primary N) is 2. The van der Waals surface area contributed by atoms with Gasteiger partial charge in [-0.05, 0) is 30.7 Å². The first kappa shape index (κ1) is 22.3. The van der Waals surface area contributed by atoms with Crippen molar-refractivity contribution < 1.29 is 14.3 Å². The summed E-state index contributed by atoms with van der Waals surface area (Å²) in [6, 6.07) is 12.7.